The lowest BCUT2D eigenvalue weighted by atomic mass is 9.76. The molecule has 4 rings (SSSR count). The summed E-state index contributed by atoms with van der Waals surface area (Å²) in [5.41, 5.74) is 0.646. The van der Waals surface area contributed by atoms with Crippen molar-refractivity contribution in [2.45, 2.75) is 24.6 Å². The van der Waals surface area contributed by atoms with Gasteiger partial charge in [0.05, 0.1) is 17.3 Å². The van der Waals surface area contributed by atoms with E-state index in [2.05, 4.69) is 5.32 Å². The van der Waals surface area contributed by atoms with Gasteiger partial charge in [-0.05, 0) is 35.6 Å². The summed E-state index contributed by atoms with van der Waals surface area (Å²) < 4.78 is 54.5. The quantitative estimate of drug-likeness (QED) is 0.524. The minimum atomic E-state index is -4.44. The summed E-state index contributed by atoms with van der Waals surface area (Å²) >= 11 is 0. The first-order valence-corrected chi connectivity index (χ1v) is 7.84. The Morgan fingerprint density at radius 1 is 0.958 bits per heavy atom. The van der Waals surface area contributed by atoms with Crippen LogP contribution in [0.15, 0.2) is 54.6 Å². The van der Waals surface area contributed by atoms with Crippen molar-refractivity contribution in [2.24, 2.45) is 5.92 Å². The molecule has 1 aliphatic carbocycles. The van der Waals surface area contributed by atoms with Crippen molar-refractivity contribution in [3.8, 4) is 0 Å². The smallest absolute Gasteiger partial charge is 0.375 e. The van der Waals surface area contributed by atoms with E-state index in [1.807, 2.05) is 18.2 Å². The van der Waals surface area contributed by atoms with E-state index in [0.29, 0.717) is 12.1 Å². The number of para-hydroxylation sites is 1. The van der Waals surface area contributed by atoms with Gasteiger partial charge in [-0.3, -0.25) is 0 Å². The molecule has 2 aromatic rings. The van der Waals surface area contributed by atoms with Gasteiger partial charge in [-0.2, -0.15) is 13.2 Å². The maximum absolute atomic E-state index is 14.2. The maximum atomic E-state index is 14.2. The van der Waals surface area contributed by atoms with Crippen LogP contribution in [0.3, 0.4) is 0 Å². The molecule has 0 spiro atoms. The zero-order chi connectivity index (χ0) is 16.9. The second-order valence-corrected chi connectivity index (χ2v) is 6.26. The molecule has 2 aromatic carbocycles. The van der Waals surface area contributed by atoms with Crippen LogP contribution in [0.1, 0.15) is 35.1 Å². The molecule has 1 N–H and O–H groups in total. The molecule has 124 valence electrons. The van der Waals surface area contributed by atoms with E-state index in [1.165, 1.54) is 18.2 Å². The van der Waals surface area contributed by atoms with Gasteiger partial charge in [-0.25, -0.2) is 4.39 Å². The van der Waals surface area contributed by atoms with Crippen LogP contribution in [0.4, 0.5) is 23.2 Å². The van der Waals surface area contributed by atoms with Crippen LogP contribution in [0.5, 0.6) is 0 Å². The van der Waals surface area contributed by atoms with E-state index < -0.39 is 23.6 Å². The lowest BCUT2D eigenvalue weighted by molar-refractivity contribution is -0.138. The molecule has 0 saturated carbocycles. The number of alkyl halides is 3. The van der Waals surface area contributed by atoms with Crippen LogP contribution in [0.25, 0.3) is 0 Å². The van der Waals surface area contributed by atoms with Crippen molar-refractivity contribution in [3.63, 3.8) is 0 Å². The minimum absolute atomic E-state index is 0.0530. The Morgan fingerprint density at radius 3 is 2.50 bits per heavy atom. The average molecular weight is 333 g/mol. The lowest BCUT2D eigenvalue weighted by Gasteiger charge is -2.38. The van der Waals surface area contributed by atoms with Crippen molar-refractivity contribution in [2.75, 3.05) is 5.32 Å². The number of nitrogens with one attached hydrogen (secondary N) is 1. The average Bonchev–Trinajstić information content (AvgIpc) is 3.04. The number of rotatable bonds is 1. The standard InChI is InChI=1S/C19H15F4N/c20-16-10-4-8-13-11-6-3-7-12(11)17(24-18(13)16)14-5-1-2-9-15(14)19(21,22)23/h1-6,8-12,17,24H,7H2/t11-,12-,17-/m0/s1. The van der Waals surface area contributed by atoms with Crippen LogP contribution in [-0.2, 0) is 6.18 Å². The summed E-state index contributed by atoms with van der Waals surface area (Å²) in [7, 11) is 0. The zero-order valence-electron chi connectivity index (χ0n) is 12.6. The molecule has 2 aliphatic rings. The van der Waals surface area contributed by atoms with Crippen molar-refractivity contribution in [3.05, 3.63) is 77.1 Å². The number of hydrogen-bond donors (Lipinski definition) is 1. The van der Waals surface area contributed by atoms with Crippen molar-refractivity contribution in [1.82, 2.24) is 0 Å². The van der Waals surface area contributed by atoms with E-state index in [9.17, 15) is 17.6 Å². The molecule has 1 aliphatic heterocycles. The largest absolute Gasteiger partial charge is 0.416 e. The van der Waals surface area contributed by atoms with Gasteiger partial charge >= 0.3 is 6.18 Å². The van der Waals surface area contributed by atoms with Crippen molar-refractivity contribution >= 4 is 5.69 Å². The molecular formula is C19H15F4N. The SMILES string of the molecule is Fc1cccc2c1N[C@H](c1ccccc1C(F)(F)F)[C@H]1CC=C[C@H]21. The normalized spacial score (nSPS) is 25.1. The van der Waals surface area contributed by atoms with Gasteiger partial charge in [0.1, 0.15) is 5.82 Å². The molecule has 5 heteroatoms. The fraction of sp³-hybridized carbons (Fsp3) is 0.263. The molecule has 24 heavy (non-hydrogen) atoms. The maximum Gasteiger partial charge on any atom is 0.416 e. The summed E-state index contributed by atoms with van der Waals surface area (Å²) in [6, 6.07) is 9.79. The Morgan fingerprint density at radius 2 is 1.71 bits per heavy atom. The molecule has 0 fully saturated rings. The van der Waals surface area contributed by atoms with Gasteiger partial charge in [0.25, 0.3) is 0 Å². The predicted octanol–water partition coefficient (Wildman–Crippen LogP) is 5.67. The zero-order valence-corrected chi connectivity index (χ0v) is 12.6. The first-order valence-electron chi connectivity index (χ1n) is 7.84. The molecule has 1 heterocycles. The van der Waals surface area contributed by atoms with Gasteiger partial charge in [-0.15, -0.1) is 0 Å². The van der Waals surface area contributed by atoms with Crippen LogP contribution >= 0.6 is 0 Å². The number of fused-ring (bicyclic) bond motifs is 3. The van der Waals surface area contributed by atoms with Gasteiger partial charge in [0.15, 0.2) is 0 Å². The van der Waals surface area contributed by atoms with Crippen LogP contribution in [0, 0.1) is 11.7 Å². The Bertz CT molecular complexity index is 809. The Hall–Kier alpha value is -2.30. The Balaban J connectivity index is 1.85. The van der Waals surface area contributed by atoms with Crippen LogP contribution in [0.2, 0.25) is 0 Å². The van der Waals surface area contributed by atoms with Gasteiger partial charge in [0.2, 0.25) is 0 Å². The van der Waals surface area contributed by atoms with E-state index in [0.717, 1.165) is 11.6 Å². The lowest BCUT2D eigenvalue weighted by Crippen LogP contribution is -2.31. The molecule has 1 nitrogen and oxygen atoms in total. The molecule has 0 bridgehead atoms. The first kappa shape index (κ1) is 15.2. The Labute approximate surface area is 137 Å². The van der Waals surface area contributed by atoms with E-state index in [1.54, 1.807) is 12.1 Å². The summed E-state index contributed by atoms with van der Waals surface area (Å²) in [6.45, 7) is 0. The predicted molar refractivity (Wildman–Crippen MR) is 84.2 cm³/mol. The summed E-state index contributed by atoms with van der Waals surface area (Å²) in [4.78, 5) is 0. The highest BCUT2D eigenvalue weighted by molar-refractivity contribution is 5.61. The molecule has 0 unspecified atom stereocenters. The van der Waals surface area contributed by atoms with Crippen molar-refractivity contribution < 1.29 is 17.6 Å². The van der Waals surface area contributed by atoms with E-state index in [-0.39, 0.29) is 17.4 Å². The fourth-order valence-corrected chi connectivity index (χ4v) is 3.92. The number of hydrogen-bond acceptors (Lipinski definition) is 1. The molecule has 0 amide bonds. The number of benzene rings is 2. The van der Waals surface area contributed by atoms with Crippen molar-refractivity contribution in [1.29, 1.82) is 0 Å². The topological polar surface area (TPSA) is 12.0 Å². The third-order valence-corrected chi connectivity index (χ3v) is 4.95. The molecular weight excluding hydrogens is 318 g/mol. The fourth-order valence-electron chi connectivity index (χ4n) is 3.92. The number of anilines is 1. The van der Waals surface area contributed by atoms with Gasteiger partial charge in [-0.1, -0.05) is 42.5 Å². The summed E-state index contributed by atoms with van der Waals surface area (Å²) in [5, 5.41) is 3.05. The third-order valence-electron chi connectivity index (χ3n) is 4.95. The molecule has 0 aromatic heterocycles. The number of halogens is 4. The molecule has 3 atom stereocenters. The van der Waals surface area contributed by atoms with E-state index in [4.69, 9.17) is 0 Å². The highest BCUT2D eigenvalue weighted by atomic mass is 19.4. The highest BCUT2D eigenvalue weighted by Crippen LogP contribution is 2.51. The Kier molecular flexibility index (Phi) is 3.41. The third kappa shape index (κ3) is 2.30. The van der Waals surface area contributed by atoms with E-state index >= 15 is 0 Å². The second kappa shape index (κ2) is 5.36. The molecule has 0 radical (unpaired) electrons. The summed E-state index contributed by atoms with van der Waals surface area (Å²) in [5.74, 6) is -0.549. The second-order valence-electron chi connectivity index (χ2n) is 6.26. The monoisotopic (exact) mass is 333 g/mol. The highest BCUT2D eigenvalue weighted by Gasteiger charge is 2.42. The minimum Gasteiger partial charge on any atom is -0.375 e. The first-order chi connectivity index (χ1) is 11.5. The molecule has 0 saturated heterocycles. The number of allylic oxidation sites excluding steroid dienone is 2. The van der Waals surface area contributed by atoms with Crippen LogP contribution in [-0.4, -0.2) is 0 Å². The van der Waals surface area contributed by atoms with Gasteiger partial charge < -0.3 is 5.32 Å². The van der Waals surface area contributed by atoms with Crippen LogP contribution < -0.4 is 5.32 Å². The summed E-state index contributed by atoms with van der Waals surface area (Å²) in [6.07, 6.45) is 0.187. The van der Waals surface area contributed by atoms with Gasteiger partial charge in [0, 0.05) is 5.92 Å².